The molecular weight excluding hydrogens is 332 g/mol. The Morgan fingerprint density at radius 2 is 1.08 bits per heavy atom. The molecule has 0 amide bonds. The Morgan fingerprint density at radius 3 is 1.48 bits per heavy atom. The van der Waals surface area contributed by atoms with Gasteiger partial charge in [-0.1, -0.05) is 0 Å². The van der Waals surface area contributed by atoms with Crippen LogP contribution in [-0.2, 0) is 38.0 Å². The Hall–Kier alpha value is -1.22. The van der Waals surface area contributed by atoms with Crippen LogP contribution in [0.2, 0.25) is 0 Å². The van der Waals surface area contributed by atoms with Gasteiger partial charge in [-0.2, -0.15) is 0 Å². The highest BCUT2D eigenvalue weighted by molar-refractivity contribution is 5.69. The van der Waals surface area contributed by atoms with Gasteiger partial charge >= 0.3 is 11.9 Å². The molecule has 0 rings (SSSR count). The summed E-state index contributed by atoms with van der Waals surface area (Å²) in [6, 6.07) is 0. The summed E-state index contributed by atoms with van der Waals surface area (Å²) < 4.78 is 31.0. The predicted molar refractivity (Wildman–Crippen MR) is 90.4 cm³/mol. The summed E-state index contributed by atoms with van der Waals surface area (Å²) in [6.07, 6.45) is 0.234. The van der Waals surface area contributed by atoms with Crippen LogP contribution in [0.1, 0.15) is 34.1 Å². The quantitative estimate of drug-likeness (QED) is 0.318. The minimum absolute atomic E-state index is 0.234. The molecule has 0 N–H and O–H groups in total. The molecule has 25 heavy (non-hydrogen) atoms. The summed E-state index contributed by atoms with van der Waals surface area (Å²) in [5.74, 6) is -0.581. The first-order valence-electron chi connectivity index (χ1n) is 8.47. The lowest BCUT2D eigenvalue weighted by molar-refractivity contribution is -0.156. The maximum absolute atomic E-state index is 11.4. The first-order chi connectivity index (χ1) is 11.8. The van der Waals surface area contributed by atoms with Crippen molar-refractivity contribution in [1.82, 2.24) is 0 Å². The van der Waals surface area contributed by atoms with Crippen molar-refractivity contribution in [2.75, 3.05) is 59.5 Å². The molecule has 8 nitrogen and oxygen atoms in total. The van der Waals surface area contributed by atoms with E-state index in [1.165, 1.54) is 6.92 Å². The average Bonchev–Trinajstić information content (AvgIpc) is 2.49. The van der Waals surface area contributed by atoms with Crippen LogP contribution in [0, 0.1) is 0 Å². The number of hydrogen-bond donors (Lipinski definition) is 0. The minimum Gasteiger partial charge on any atom is -0.463 e. The van der Waals surface area contributed by atoms with Crippen LogP contribution in [0.3, 0.4) is 0 Å². The van der Waals surface area contributed by atoms with Crippen LogP contribution in [0.5, 0.6) is 0 Å². The topological polar surface area (TPSA) is 89.5 Å². The largest absolute Gasteiger partial charge is 0.463 e. The van der Waals surface area contributed by atoms with Crippen molar-refractivity contribution in [3.05, 3.63) is 0 Å². The smallest absolute Gasteiger partial charge is 0.308 e. The van der Waals surface area contributed by atoms with E-state index in [2.05, 4.69) is 0 Å². The minimum atomic E-state index is -0.465. The van der Waals surface area contributed by atoms with E-state index in [0.29, 0.717) is 52.9 Å². The molecule has 0 aliphatic rings. The number of hydrogen-bond acceptors (Lipinski definition) is 8. The normalized spacial score (nSPS) is 11.4. The summed E-state index contributed by atoms with van der Waals surface area (Å²) in [6.45, 7) is 10.5. The van der Waals surface area contributed by atoms with E-state index in [1.807, 2.05) is 20.8 Å². The van der Waals surface area contributed by atoms with Crippen molar-refractivity contribution in [3.8, 4) is 0 Å². The maximum Gasteiger partial charge on any atom is 0.308 e. The second kappa shape index (κ2) is 15.1. The zero-order valence-electron chi connectivity index (χ0n) is 15.8. The predicted octanol–water partition coefficient (Wildman–Crippen LogP) is 1.35. The molecule has 8 heteroatoms. The van der Waals surface area contributed by atoms with Gasteiger partial charge in [-0.15, -0.1) is 0 Å². The molecule has 0 saturated carbocycles. The van der Waals surface area contributed by atoms with Crippen molar-refractivity contribution in [3.63, 3.8) is 0 Å². The molecular formula is C17H32O8. The Morgan fingerprint density at radius 1 is 0.680 bits per heavy atom. The zero-order chi connectivity index (χ0) is 19.0. The molecule has 0 atom stereocenters. The second-order valence-corrected chi connectivity index (χ2v) is 6.13. The fourth-order valence-electron chi connectivity index (χ4n) is 1.55. The number of carbonyl (C=O) groups is 2. The molecule has 0 aromatic carbocycles. The van der Waals surface area contributed by atoms with E-state index in [9.17, 15) is 9.59 Å². The van der Waals surface area contributed by atoms with Gasteiger partial charge in [0.1, 0.15) is 12.2 Å². The molecule has 148 valence electrons. The van der Waals surface area contributed by atoms with Crippen LogP contribution in [-0.4, -0.2) is 77.0 Å². The molecule has 0 spiro atoms. The Bertz CT molecular complexity index is 351. The summed E-state index contributed by atoms with van der Waals surface area (Å²) in [4.78, 5) is 21.9. The standard InChI is InChI=1S/C17H32O8/c1-15(18)24-14-13-23-12-11-22-10-9-21-8-7-20-6-5-16(19)25-17(2,3)4/h5-14H2,1-4H3. The number of ether oxygens (including phenoxy) is 6. The van der Waals surface area contributed by atoms with Crippen molar-refractivity contribution in [1.29, 1.82) is 0 Å². The highest BCUT2D eigenvalue weighted by atomic mass is 16.6. The fraction of sp³-hybridized carbons (Fsp3) is 0.882. The number of rotatable bonds is 15. The van der Waals surface area contributed by atoms with E-state index >= 15 is 0 Å². The van der Waals surface area contributed by atoms with Crippen molar-refractivity contribution in [2.24, 2.45) is 0 Å². The maximum atomic E-state index is 11.4. The fourth-order valence-corrected chi connectivity index (χ4v) is 1.55. The van der Waals surface area contributed by atoms with Gasteiger partial charge in [-0.3, -0.25) is 9.59 Å². The molecule has 0 aromatic rings. The zero-order valence-corrected chi connectivity index (χ0v) is 15.8. The van der Waals surface area contributed by atoms with E-state index in [4.69, 9.17) is 28.4 Å². The van der Waals surface area contributed by atoms with Crippen LogP contribution in [0.25, 0.3) is 0 Å². The summed E-state index contributed by atoms with van der Waals surface area (Å²) in [5.41, 5.74) is -0.465. The van der Waals surface area contributed by atoms with E-state index < -0.39 is 5.60 Å². The lowest BCUT2D eigenvalue weighted by Crippen LogP contribution is -2.24. The van der Waals surface area contributed by atoms with Gasteiger partial charge in [-0.25, -0.2) is 0 Å². The van der Waals surface area contributed by atoms with Crippen molar-refractivity contribution >= 4 is 11.9 Å². The molecule has 0 saturated heterocycles. The van der Waals surface area contributed by atoms with E-state index in [0.717, 1.165) is 0 Å². The Labute approximate surface area is 150 Å². The first-order valence-corrected chi connectivity index (χ1v) is 8.47. The first kappa shape index (κ1) is 23.8. The van der Waals surface area contributed by atoms with Crippen LogP contribution >= 0.6 is 0 Å². The number of esters is 2. The third kappa shape index (κ3) is 20.7. The van der Waals surface area contributed by atoms with Gasteiger partial charge in [0.2, 0.25) is 0 Å². The SMILES string of the molecule is CC(=O)OCCOCCOCCOCCOCCC(=O)OC(C)(C)C. The number of carbonyl (C=O) groups excluding carboxylic acids is 2. The highest BCUT2D eigenvalue weighted by Gasteiger charge is 2.15. The average molecular weight is 364 g/mol. The van der Waals surface area contributed by atoms with Crippen LogP contribution < -0.4 is 0 Å². The van der Waals surface area contributed by atoms with Gasteiger partial charge in [0, 0.05) is 6.92 Å². The third-order valence-electron chi connectivity index (χ3n) is 2.52. The van der Waals surface area contributed by atoms with E-state index in [-0.39, 0.29) is 25.0 Å². The molecule has 0 aromatic heterocycles. The van der Waals surface area contributed by atoms with Gasteiger partial charge in [0.05, 0.1) is 59.3 Å². The Kier molecular flexibility index (Phi) is 14.3. The van der Waals surface area contributed by atoms with Gasteiger partial charge in [-0.05, 0) is 20.8 Å². The van der Waals surface area contributed by atoms with Gasteiger partial charge in [0.15, 0.2) is 0 Å². The van der Waals surface area contributed by atoms with E-state index in [1.54, 1.807) is 0 Å². The molecule has 0 bridgehead atoms. The molecule has 0 unspecified atom stereocenters. The molecule has 0 radical (unpaired) electrons. The lowest BCUT2D eigenvalue weighted by atomic mass is 10.2. The second-order valence-electron chi connectivity index (χ2n) is 6.13. The molecule has 0 aliphatic carbocycles. The summed E-state index contributed by atoms with van der Waals surface area (Å²) >= 11 is 0. The third-order valence-corrected chi connectivity index (χ3v) is 2.52. The van der Waals surface area contributed by atoms with Crippen LogP contribution in [0.4, 0.5) is 0 Å². The van der Waals surface area contributed by atoms with Gasteiger partial charge < -0.3 is 28.4 Å². The Balaban J connectivity index is 3.17. The molecule has 0 heterocycles. The van der Waals surface area contributed by atoms with Crippen molar-refractivity contribution < 1.29 is 38.0 Å². The monoisotopic (exact) mass is 364 g/mol. The summed E-state index contributed by atoms with van der Waals surface area (Å²) in [5, 5.41) is 0. The lowest BCUT2D eigenvalue weighted by Gasteiger charge is -2.19. The molecule has 0 aliphatic heterocycles. The molecule has 0 fully saturated rings. The van der Waals surface area contributed by atoms with Gasteiger partial charge in [0.25, 0.3) is 0 Å². The highest BCUT2D eigenvalue weighted by Crippen LogP contribution is 2.07. The van der Waals surface area contributed by atoms with Crippen molar-refractivity contribution in [2.45, 2.75) is 39.7 Å². The summed E-state index contributed by atoms with van der Waals surface area (Å²) in [7, 11) is 0. The van der Waals surface area contributed by atoms with Crippen LogP contribution in [0.15, 0.2) is 0 Å².